The fraction of sp³-hybridized carbons (Fsp3) is 0.600. The van der Waals surface area contributed by atoms with E-state index in [0.29, 0.717) is 6.04 Å². The second-order valence-corrected chi connectivity index (χ2v) is 5.53. The summed E-state index contributed by atoms with van der Waals surface area (Å²) in [7, 11) is 0. The Balaban J connectivity index is 2.04. The molecule has 17 heavy (non-hydrogen) atoms. The fourth-order valence-electron chi connectivity index (χ4n) is 2.45. The van der Waals surface area contributed by atoms with E-state index in [1.54, 1.807) is 0 Å². The van der Waals surface area contributed by atoms with E-state index < -0.39 is 0 Å². The molecule has 2 unspecified atom stereocenters. The summed E-state index contributed by atoms with van der Waals surface area (Å²) < 4.78 is 0. The smallest absolute Gasteiger partial charge is 0.0278 e. The summed E-state index contributed by atoms with van der Waals surface area (Å²) in [5, 5.41) is 3.67. The molecule has 2 nitrogen and oxygen atoms in total. The summed E-state index contributed by atoms with van der Waals surface area (Å²) in [5.41, 5.74) is 1.70. The van der Waals surface area contributed by atoms with Gasteiger partial charge in [-0.1, -0.05) is 37.3 Å². The zero-order chi connectivity index (χ0) is 12.3. The highest BCUT2D eigenvalue weighted by atomic mass is 15.2. The lowest BCUT2D eigenvalue weighted by atomic mass is 9.93. The van der Waals surface area contributed by atoms with E-state index in [4.69, 9.17) is 0 Å². The fourth-order valence-corrected chi connectivity index (χ4v) is 2.45. The van der Waals surface area contributed by atoms with Gasteiger partial charge in [-0.05, 0) is 25.8 Å². The lowest BCUT2D eigenvalue weighted by Gasteiger charge is -2.45. The van der Waals surface area contributed by atoms with Crippen LogP contribution in [0.2, 0.25) is 0 Å². The van der Waals surface area contributed by atoms with E-state index in [0.717, 1.165) is 19.6 Å². The molecule has 1 aliphatic rings. The van der Waals surface area contributed by atoms with Gasteiger partial charge in [0.2, 0.25) is 0 Å². The number of rotatable bonds is 3. The average molecular weight is 232 g/mol. The molecule has 2 rings (SSSR count). The highest BCUT2D eigenvalue weighted by Crippen LogP contribution is 2.20. The molecule has 0 bridgehead atoms. The molecule has 1 heterocycles. The predicted octanol–water partition coefficient (Wildman–Crippen LogP) is 2.65. The van der Waals surface area contributed by atoms with Crippen LogP contribution in [0.25, 0.3) is 0 Å². The highest BCUT2D eigenvalue weighted by Gasteiger charge is 2.32. The van der Waals surface area contributed by atoms with Crippen molar-refractivity contribution >= 4 is 0 Å². The molecule has 0 aliphatic carbocycles. The highest BCUT2D eigenvalue weighted by molar-refractivity contribution is 5.15. The van der Waals surface area contributed by atoms with Crippen LogP contribution < -0.4 is 5.32 Å². The van der Waals surface area contributed by atoms with Crippen LogP contribution in [0, 0.1) is 0 Å². The molecule has 2 atom stereocenters. The van der Waals surface area contributed by atoms with Crippen LogP contribution in [0.4, 0.5) is 0 Å². The van der Waals surface area contributed by atoms with Gasteiger partial charge in [0.15, 0.2) is 0 Å². The number of hydrogen-bond acceptors (Lipinski definition) is 2. The second-order valence-electron chi connectivity index (χ2n) is 5.53. The van der Waals surface area contributed by atoms with Crippen LogP contribution in [0.3, 0.4) is 0 Å². The maximum Gasteiger partial charge on any atom is 0.0278 e. The topological polar surface area (TPSA) is 15.3 Å². The zero-order valence-electron chi connectivity index (χ0n) is 11.2. The molecule has 1 aromatic carbocycles. The molecule has 1 saturated heterocycles. The molecule has 0 amide bonds. The molecule has 94 valence electrons. The third kappa shape index (κ3) is 3.08. The van der Waals surface area contributed by atoms with Crippen molar-refractivity contribution in [1.29, 1.82) is 0 Å². The largest absolute Gasteiger partial charge is 0.309 e. The standard InChI is InChI=1S/C15H24N2/c1-4-15(3)12-17(13(2)10-16-15)11-14-8-6-5-7-9-14/h5-9,13,16H,4,10-12H2,1-3H3. The summed E-state index contributed by atoms with van der Waals surface area (Å²) in [4.78, 5) is 2.59. The minimum absolute atomic E-state index is 0.279. The first-order valence-corrected chi connectivity index (χ1v) is 6.66. The van der Waals surface area contributed by atoms with Gasteiger partial charge in [-0.2, -0.15) is 0 Å². The third-order valence-electron chi connectivity index (χ3n) is 4.01. The van der Waals surface area contributed by atoms with E-state index in [9.17, 15) is 0 Å². The zero-order valence-corrected chi connectivity index (χ0v) is 11.2. The van der Waals surface area contributed by atoms with Crippen LogP contribution in [0.15, 0.2) is 30.3 Å². The van der Waals surface area contributed by atoms with E-state index in [1.807, 2.05) is 0 Å². The van der Waals surface area contributed by atoms with Crippen LogP contribution in [0.1, 0.15) is 32.8 Å². The van der Waals surface area contributed by atoms with Gasteiger partial charge < -0.3 is 5.32 Å². The Morgan fingerprint density at radius 1 is 1.35 bits per heavy atom. The summed E-state index contributed by atoms with van der Waals surface area (Å²) >= 11 is 0. The summed E-state index contributed by atoms with van der Waals surface area (Å²) in [6, 6.07) is 11.4. The van der Waals surface area contributed by atoms with E-state index in [1.165, 1.54) is 12.0 Å². The summed E-state index contributed by atoms with van der Waals surface area (Å²) in [5.74, 6) is 0. The Bertz CT molecular complexity index is 349. The van der Waals surface area contributed by atoms with Crippen LogP contribution in [0.5, 0.6) is 0 Å². The molecule has 0 aromatic heterocycles. The first-order valence-electron chi connectivity index (χ1n) is 6.66. The van der Waals surface area contributed by atoms with Gasteiger partial charge in [0.05, 0.1) is 0 Å². The van der Waals surface area contributed by atoms with Crippen molar-refractivity contribution in [1.82, 2.24) is 10.2 Å². The van der Waals surface area contributed by atoms with Crippen LogP contribution in [-0.2, 0) is 6.54 Å². The van der Waals surface area contributed by atoms with Crippen molar-refractivity contribution in [3.05, 3.63) is 35.9 Å². The first-order chi connectivity index (χ1) is 8.13. The van der Waals surface area contributed by atoms with E-state index in [2.05, 4.69) is 61.3 Å². The van der Waals surface area contributed by atoms with Gasteiger partial charge in [0.25, 0.3) is 0 Å². The minimum Gasteiger partial charge on any atom is -0.309 e. The number of nitrogens with zero attached hydrogens (tertiary/aromatic N) is 1. The van der Waals surface area contributed by atoms with Crippen molar-refractivity contribution in [2.45, 2.75) is 45.3 Å². The van der Waals surface area contributed by atoms with Gasteiger partial charge in [-0.3, -0.25) is 4.90 Å². The maximum atomic E-state index is 3.67. The molecular formula is C15H24N2. The van der Waals surface area contributed by atoms with Gasteiger partial charge in [-0.25, -0.2) is 0 Å². The van der Waals surface area contributed by atoms with Crippen molar-refractivity contribution < 1.29 is 0 Å². The van der Waals surface area contributed by atoms with Crippen molar-refractivity contribution in [3.63, 3.8) is 0 Å². The third-order valence-corrected chi connectivity index (χ3v) is 4.01. The van der Waals surface area contributed by atoms with Crippen molar-refractivity contribution in [3.8, 4) is 0 Å². The minimum atomic E-state index is 0.279. The van der Waals surface area contributed by atoms with Crippen molar-refractivity contribution in [2.24, 2.45) is 0 Å². The summed E-state index contributed by atoms with van der Waals surface area (Å²) in [6.07, 6.45) is 1.19. The number of piperazine rings is 1. The van der Waals surface area contributed by atoms with Crippen molar-refractivity contribution in [2.75, 3.05) is 13.1 Å². The van der Waals surface area contributed by atoms with E-state index in [-0.39, 0.29) is 5.54 Å². The lowest BCUT2D eigenvalue weighted by Crippen LogP contribution is -2.61. The molecule has 1 fully saturated rings. The van der Waals surface area contributed by atoms with Crippen LogP contribution in [-0.4, -0.2) is 29.6 Å². The Kier molecular flexibility index (Phi) is 3.85. The molecule has 1 aromatic rings. The SMILES string of the molecule is CCC1(C)CN(Cc2ccccc2)C(C)CN1. The Hall–Kier alpha value is -0.860. The second kappa shape index (κ2) is 5.19. The molecule has 0 saturated carbocycles. The van der Waals surface area contributed by atoms with Crippen LogP contribution >= 0.6 is 0 Å². The monoisotopic (exact) mass is 232 g/mol. The lowest BCUT2D eigenvalue weighted by molar-refractivity contribution is 0.0866. The first kappa shape index (κ1) is 12.6. The molecule has 0 radical (unpaired) electrons. The molecule has 1 N–H and O–H groups in total. The molecule has 2 heteroatoms. The van der Waals surface area contributed by atoms with Gasteiger partial charge in [0, 0.05) is 31.2 Å². The van der Waals surface area contributed by atoms with E-state index >= 15 is 0 Å². The number of benzene rings is 1. The molecular weight excluding hydrogens is 208 g/mol. The van der Waals surface area contributed by atoms with Gasteiger partial charge >= 0.3 is 0 Å². The van der Waals surface area contributed by atoms with Gasteiger partial charge in [0.1, 0.15) is 0 Å². The average Bonchev–Trinajstić information content (AvgIpc) is 2.35. The normalized spacial score (nSPS) is 30.4. The Labute approximate surface area is 105 Å². The molecule has 0 spiro atoms. The maximum absolute atomic E-state index is 3.67. The van der Waals surface area contributed by atoms with Gasteiger partial charge in [-0.15, -0.1) is 0 Å². The molecule has 1 aliphatic heterocycles. The number of hydrogen-bond donors (Lipinski definition) is 1. The Morgan fingerprint density at radius 2 is 2.06 bits per heavy atom. The Morgan fingerprint density at radius 3 is 2.71 bits per heavy atom. The predicted molar refractivity (Wildman–Crippen MR) is 73.0 cm³/mol. The summed E-state index contributed by atoms with van der Waals surface area (Å²) in [6.45, 7) is 10.2. The quantitative estimate of drug-likeness (QED) is 0.862. The number of nitrogens with one attached hydrogen (secondary N) is 1.